The highest BCUT2D eigenvalue weighted by Gasteiger charge is 2.03. The van der Waals surface area contributed by atoms with Crippen molar-refractivity contribution < 1.29 is 9.47 Å². The van der Waals surface area contributed by atoms with Crippen LogP contribution in [0.4, 0.5) is 0 Å². The summed E-state index contributed by atoms with van der Waals surface area (Å²) in [6.07, 6.45) is 0.386. The summed E-state index contributed by atoms with van der Waals surface area (Å²) >= 11 is 0. The number of hydrogen-bond donors (Lipinski definition) is 0. The maximum absolute atomic E-state index is 5.64. The molecule has 0 fully saturated rings. The predicted molar refractivity (Wildman–Crippen MR) is 74.1 cm³/mol. The van der Waals surface area contributed by atoms with Crippen molar-refractivity contribution in [2.24, 2.45) is 0 Å². The third kappa shape index (κ3) is 6.88. The molecule has 98 valence electrons. The molecule has 0 heterocycles. The first-order valence-corrected chi connectivity index (χ1v) is 6.42. The fourth-order valence-corrected chi connectivity index (χ4v) is 1.39. The highest BCUT2D eigenvalue weighted by molar-refractivity contribution is 5.38. The van der Waals surface area contributed by atoms with Crippen molar-refractivity contribution in [2.45, 2.75) is 60.7 Å². The van der Waals surface area contributed by atoms with Crippen molar-refractivity contribution >= 4 is 0 Å². The molecular weight excluding hydrogens is 212 g/mol. The van der Waals surface area contributed by atoms with Gasteiger partial charge in [0.1, 0.15) is 11.5 Å². The molecule has 1 rings (SSSR count). The average Bonchev–Trinajstić information content (AvgIpc) is 2.17. The second-order valence-corrected chi connectivity index (χ2v) is 4.31. The SMILES string of the molecule is CC.Cc1cc(OC(C)C)cc(OC(C)C)c1. The Morgan fingerprint density at radius 3 is 1.41 bits per heavy atom. The number of hydrogen-bond acceptors (Lipinski definition) is 2. The van der Waals surface area contributed by atoms with E-state index in [2.05, 4.69) is 0 Å². The summed E-state index contributed by atoms with van der Waals surface area (Å²) in [5.41, 5.74) is 1.16. The minimum absolute atomic E-state index is 0.193. The number of ether oxygens (including phenoxy) is 2. The van der Waals surface area contributed by atoms with Gasteiger partial charge in [-0.1, -0.05) is 13.8 Å². The van der Waals surface area contributed by atoms with Crippen LogP contribution >= 0.6 is 0 Å². The fourth-order valence-electron chi connectivity index (χ4n) is 1.39. The largest absolute Gasteiger partial charge is 0.491 e. The van der Waals surface area contributed by atoms with Gasteiger partial charge in [-0.3, -0.25) is 0 Å². The van der Waals surface area contributed by atoms with Crippen LogP contribution in [-0.4, -0.2) is 12.2 Å². The summed E-state index contributed by atoms with van der Waals surface area (Å²) in [4.78, 5) is 0. The Morgan fingerprint density at radius 2 is 1.12 bits per heavy atom. The molecule has 0 aliphatic heterocycles. The maximum atomic E-state index is 5.64. The van der Waals surface area contributed by atoms with Gasteiger partial charge in [0.15, 0.2) is 0 Å². The van der Waals surface area contributed by atoms with Crippen LogP contribution in [0, 0.1) is 6.92 Å². The maximum Gasteiger partial charge on any atom is 0.123 e. The molecule has 0 spiro atoms. The second-order valence-electron chi connectivity index (χ2n) is 4.31. The van der Waals surface area contributed by atoms with Gasteiger partial charge in [-0.05, 0) is 52.3 Å². The second kappa shape index (κ2) is 7.99. The van der Waals surface area contributed by atoms with Crippen LogP contribution in [0.15, 0.2) is 18.2 Å². The van der Waals surface area contributed by atoms with E-state index < -0.39 is 0 Å². The average molecular weight is 238 g/mol. The number of benzene rings is 1. The molecular formula is C15H26O2. The lowest BCUT2D eigenvalue weighted by molar-refractivity contribution is 0.229. The zero-order valence-corrected chi connectivity index (χ0v) is 12.2. The predicted octanol–water partition coefficient (Wildman–Crippen LogP) is 4.60. The quantitative estimate of drug-likeness (QED) is 0.763. The van der Waals surface area contributed by atoms with Gasteiger partial charge in [-0.2, -0.15) is 0 Å². The van der Waals surface area contributed by atoms with Crippen LogP contribution in [0.2, 0.25) is 0 Å². The van der Waals surface area contributed by atoms with Gasteiger partial charge < -0.3 is 9.47 Å². The molecule has 0 amide bonds. The van der Waals surface area contributed by atoms with Crippen LogP contribution in [-0.2, 0) is 0 Å². The lowest BCUT2D eigenvalue weighted by Gasteiger charge is -2.14. The van der Waals surface area contributed by atoms with Gasteiger partial charge >= 0.3 is 0 Å². The summed E-state index contributed by atoms with van der Waals surface area (Å²) in [7, 11) is 0. The fraction of sp³-hybridized carbons (Fsp3) is 0.600. The van der Waals surface area contributed by atoms with Crippen LogP contribution in [0.25, 0.3) is 0 Å². The molecule has 2 heteroatoms. The first kappa shape index (κ1) is 15.8. The topological polar surface area (TPSA) is 18.5 Å². The lowest BCUT2D eigenvalue weighted by Crippen LogP contribution is -2.08. The van der Waals surface area contributed by atoms with Gasteiger partial charge in [0.2, 0.25) is 0 Å². The molecule has 1 aromatic carbocycles. The Bertz CT molecular complexity index is 288. The lowest BCUT2D eigenvalue weighted by atomic mass is 10.2. The van der Waals surface area contributed by atoms with E-state index in [0.29, 0.717) is 0 Å². The smallest absolute Gasteiger partial charge is 0.123 e. The van der Waals surface area contributed by atoms with Crippen LogP contribution in [0.3, 0.4) is 0 Å². The Kier molecular flexibility index (Phi) is 7.44. The summed E-state index contributed by atoms with van der Waals surface area (Å²) in [6.45, 7) is 14.1. The van der Waals surface area contributed by atoms with Crippen molar-refractivity contribution in [3.05, 3.63) is 23.8 Å². The molecule has 17 heavy (non-hydrogen) atoms. The van der Waals surface area contributed by atoms with Crippen LogP contribution < -0.4 is 9.47 Å². The minimum Gasteiger partial charge on any atom is -0.491 e. The van der Waals surface area contributed by atoms with Crippen LogP contribution in [0.1, 0.15) is 47.1 Å². The third-order valence-electron chi connectivity index (χ3n) is 1.77. The van der Waals surface area contributed by atoms with E-state index in [9.17, 15) is 0 Å². The Morgan fingerprint density at radius 1 is 0.765 bits per heavy atom. The van der Waals surface area contributed by atoms with Gasteiger partial charge in [-0.15, -0.1) is 0 Å². The highest BCUT2D eigenvalue weighted by atomic mass is 16.5. The Hall–Kier alpha value is -1.18. The number of rotatable bonds is 4. The van der Waals surface area contributed by atoms with E-state index in [4.69, 9.17) is 9.47 Å². The van der Waals surface area contributed by atoms with E-state index >= 15 is 0 Å². The molecule has 0 saturated heterocycles. The molecule has 0 aliphatic carbocycles. The molecule has 0 radical (unpaired) electrons. The summed E-state index contributed by atoms with van der Waals surface area (Å²) in [5.74, 6) is 1.75. The van der Waals surface area contributed by atoms with Gasteiger partial charge in [-0.25, -0.2) is 0 Å². The van der Waals surface area contributed by atoms with Gasteiger partial charge in [0.25, 0.3) is 0 Å². The van der Waals surface area contributed by atoms with Crippen LogP contribution in [0.5, 0.6) is 11.5 Å². The molecule has 0 N–H and O–H groups in total. The zero-order valence-electron chi connectivity index (χ0n) is 12.2. The summed E-state index contributed by atoms with van der Waals surface area (Å²) in [5, 5.41) is 0. The molecule has 0 unspecified atom stereocenters. The van der Waals surface area contributed by atoms with E-state index in [1.54, 1.807) is 0 Å². The standard InChI is InChI=1S/C13H20O2.C2H6/c1-9(2)14-12-6-11(5)7-13(8-12)15-10(3)4;1-2/h6-10H,1-5H3;1-2H3. The monoisotopic (exact) mass is 238 g/mol. The Labute approximate surface area is 106 Å². The molecule has 0 saturated carbocycles. The van der Waals surface area contributed by atoms with E-state index in [1.807, 2.05) is 66.7 Å². The number of aryl methyl sites for hydroxylation is 1. The van der Waals surface area contributed by atoms with Crippen molar-refractivity contribution in [1.29, 1.82) is 0 Å². The minimum atomic E-state index is 0.193. The Balaban J connectivity index is 0.00000121. The zero-order chi connectivity index (χ0) is 13.4. The van der Waals surface area contributed by atoms with Gasteiger partial charge in [0, 0.05) is 6.07 Å². The molecule has 0 aromatic heterocycles. The molecule has 0 atom stereocenters. The van der Waals surface area contributed by atoms with E-state index in [1.165, 1.54) is 0 Å². The normalized spacial score (nSPS) is 9.94. The molecule has 2 nitrogen and oxygen atoms in total. The molecule has 0 bridgehead atoms. The van der Waals surface area contributed by atoms with Gasteiger partial charge in [0.05, 0.1) is 12.2 Å². The first-order valence-electron chi connectivity index (χ1n) is 6.42. The highest BCUT2D eigenvalue weighted by Crippen LogP contribution is 2.24. The summed E-state index contributed by atoms with van der Waals surface area (Å²) < 4.78 is 11.3. The molecule has 1 aromatic rings. The third-order valence-corrected chi connectivity index (χ3v) is 1.77. The van der Waals surface area contributed by atoms with E-state index in [0.717, 1.165) is 17.1 Å². The van der Waals surface area contributed by atoms with Crippen molar-refractivity contribution in [1.82, 2.24) is 0 Å². The first-order chi connectivity index (χ1) is 7.97. The van der Waals surface area contributed by atoms with Crippen molar-refractivity contribution in [2.75, 3.05) is 0 Å². The van der Waals surface area contributed by atoms with Crippen molar-refractivity contribution in [3.8, 4) is 11.5 Å². The summed E-state index contributed by atoms with van der Waals surface area (Å²) in [6, 6.07) is 5.98. The van der Waals surface area contributed by atoms with E-state index in [-0.39, 0.29) is 12.2 Å². The molecule has 0 aliphatic rings. The van der Waals surface area contributed by atoms with Crippen molar-refractivity contribution in [3.63, 3.8) is 0 Å².